The van der Waals surface area contributed by atoms with Gasteiger partial charge in [-0.2, -0.15) is 0 Å². The molecule has 1 amide bonds. The maximum absolute atomic E-state index is 13.2. The molecule has 0 atom stereocenters. The fraction of sp³-hybridized carbons (Fsp3) is 0.240. The van der Waals surface area contributed by atoms with Gasteiger partial charge in [0.1, 0.15) is 11.5 Å². The number of likely N-dealkylation sites (N-methyl/N-ethyl adjacent to an activating group) is 1. The number of ether oxygens (including phenoxy) is 2. The van der Waals surface area contributed by atoms with Gasteiger partial charge in [0.15, 0.2) is 0 Å². The Labute approximate surface area is 171 Å². The molecule has 3 aromatic rings. The second kappa shape index (κ2) is 8.00. The van der Waals surface area contributed by atoms with Crippen molar-refractivity contribution in [2.45, 2.75) is 20.8 Å². The predicted molar refractivity (Wildman–Crippen MR) is 119 cm³/mol. The zero-order chi connectivity index (χ0) is 20.4. The van der Waals surface area contributed by atoms with Gasteiger partial charge in [-0.25, -0.2) is 0 Å². The summed E-state index contributed by atoms with van der Waals surface area (Å²) < 4.78 is 11.6. The van der Waals surface area contributed by atoms with Crippen molar-refractivity contribution in [1.29, 1.82) is 0 Å². The van der Waals surface area contributed by atoms with E-state index in [2.05, 4.69) is 0 Å². The first-order valence-electron chi connectivity index (χ1n) is 10.1. The van der Waals surface area contributed by atoms with Crippen molar-refractivity contribution in [3.8, 4) is 11.5 Å². The molecule has 0 unspecified atom stereocenters. The average Bonchev–Trinajstić information content (AvgIpc) is 3.01. The van der Waals surface area contributed by atoms with Crippen LogP contribution in [0.2, 0.25) is 0 Å². The van der Waals surface area contributed by atoms with E-state index in [1.165, 1.54) is 0 Å². The Kier molecular flexibility index (Phi) is 5.26. The molecule has 0 saturated carbocycles. The highest BCUT2D eigenvalue weighted by atomic mass is 16.5. The minimum absolute atomic E-state index is 0.0223. The smallest absolute Gasteiger partial charge is 0.258 e. The van der Waals surface area contributed by atoms with Gasteiger partial charge in [0.25, 0.3) is 5.91 Å². The van der Waals surface area contributed by atoms with E-state index in [4.69, 9.17) is 9.47 Å². The van der Waals surface area contributed by atoms with E-state index in [0.717, 1.165) is 39.1 Å². The van der Waals surface area contributed by atoms with Crippen LogP contribution < -0.4 is 14.4 Å². The Morgan fingerprint density at radius 3 is 2.45 bits per heavy atom. The number of benzene rings is 3. The molecule has 0 bridgehead atoms. The summed E-state index contributed by atoms with van der Waals surface area (Å²) in [5.41, 5.74) is 3.51. The highest BCUT2D eigenvalue weighted by molar-refractivity contribution is 6.36. The monoisotopic (exact) mass is 387 g/mol. The first kappa shape index (κ1) is 19.1. The molecule has 0 radical (unpaired) electrons. The molecule has 0 saturated heterocycles. The van der Waals surface area contributed by atoms with Crippen molar-refractivity contribution in [2.24, 2.45) is 0 Å². The van der Waals surface area contributed by atoms with Crippen molar-refractivity contribution in [3.05, 3.63) is 65.7 Å². The third-order valence-electron chi connectivity index (χ3n) is 5.17. The highest BCUT2D eigenvalue weighted by Crippen LogP contribution is 2.40. The zero-order valence-corrected chi connectivity index (χ0v) is 17.1. The number of nitrogens with zero attached hydrogens (tertiary/aromatic N) is 1. The van der Waals surface area contributed by atoms with Crippen LogP contribution in [0.25, 0.3) is 22.4 Å². The summed E-state index contributed by atoms with van der Waals surface area (Å²) in [6, 6.07) is 18.0. The molecule has 1 heterocycles. The molecule has 0 N–H and O–H groups in total. The van der Waals surface area contributed by atoms with Crippen molar-refractivity contribution in [2.75, 3.05) is 24.7 Å². The van der Waals surface area contributed by atoms with Crippen molar-refractivity contribution in [3.63, 3.8) is 0 Å². The van der Waals surface area contributed by atoms with Gasteiger partial charge >= 0.3 is 0 Å². The van der Waals surface area contributed by atoms with Crippen LogP contribution in [0.3, 0.4) is 0 Å². The van der Waals surface area contributed by atoms with E-state index in [1.807, 2.05) is 86.3 Å². The lowest BCUT2D eigenvalue weighted by atomic mass is 9.98. The van der Waals surface area contributed by atoms with Gasteiger partial charge in [-0.05, 0) is 61.9 Å². The number of anilines is 1. The number of fused-ring (bicyclic) bond motifs is 2. The zero-order valence-electron chi connectivity index (χ0n) is 17.1. The fourth-order valence-corrected chi connectivity index (χ4v) is 3.89. The van der Waals surface area contributed by atoms with Crippen molar-refractivity contribution in [1.82, 2.24) is 0 Å². The summed E-state index contributed by atoms with van der Waals surface area (Å²) in [5.74, 6) is 1.59. The lowest BCUT2D eigenvalue weighted by Crippen LogP contribution is -2.25. The van der Waals surface area contributed by atoms with Crippen molar-refractivity contribution >= 4 is 34.0 Å². The molecular formula is C25H25NO3. The summed E-state index contributed by atoms with van der Waals surface area (Å²) in [6.45, 7) is 7.72. The maximum atomic E-state index is 13.2. The lowest BCUT2D eigenvalue weighted by molar-refractivity contribution is -0.112. The van der Waals surface area contributed by atoms with Crippen LogP contribution in [0, 0.1) is 0 Å². The first-order valence-corrected chi connectivity index (χ1v) is 10.1. The Bertz CT molecular complexity index is 1100. The maximum Gasteiger partial charge on any atom is 0.258 e. The second-order valence-electron chi connectivity index (χ2n) is 6.85. The van der Waals surface area contributed by atoms with Gasteiger partial charge in [0.2, 0.25) is 0 Å². The number of para-hydroxylation sites is 1. The fourth-order valence-electron chi connectivity index (χ4n) is 3.89. The topological polar surface area (TPSA) is 38.8 Å². The van der Waals surface area contributed by atoms with Crippen LogP contribution in [-0.2, 0) is 4.79 Å². The number of carbonyl (C=O) groups is 1. The summed E-state index contributed by atoms with van der Waals surface area (Å²) in [4.78, 5) is 15.0. The van der Waals surface area contributed by atoms with E-state index < -0.39 is 0 Å². The molecule has 0 aromatic heterocycles. The van der Waals surface area contributed by atoms with Gasteiger partial charge in [0.05, 0.1) is 18.9 Å². The Morgan fingerprint density at radius 2 is 1.69 bits per heavy atom. The van der Waals surface area contributed by atoms with E-state index >= 15 is 0 Å². The van der Waals surface area contributed by atoms with Crippen LogP contribution in [0.4, 0.5) is 5.69 Å². The first-order chi connectivity index (χ1) is 14.2. The van der Waals surface area contributed by atoms with Crippen LogP contribution >= 0.6 is 0 Å². The molecule has 4 rings (SSSR count). The second-order valence-corrected chi connectivity index (χ2v) is 6.85. The van der Waals surface area contributed by atoms with Gasteiger partial charge in [-0.3, -0.25) is 4.79 Å². The Morgan fingerprint density at radius 1 is 0.931 bits per heavy atom. The molecule has 1 aliphatic heterocycles. The normalized spacial score (nSPS) is 14.5. The SMILES string of the molecule is CCOc1ccc2ccc(OCC)c(/C=C3\C(=O)N(CC)c4ccccc43)c2c1. The molecule has 4 nitrogen and oxygen atoms in total. The quantitative estimate of drug-likeness (QED) is 0.521. The molecule has 148 valence electrons. The van der Waals surface area contributed by atoms with E-state index in [-0.39, 0.29) is 5.91 Å². The van der Waals surface area contributed by atoms with E-state index in [0.29, 0.717) is 25.3 Å². The van der Waals surface area contributed by atoms with Crippen molar-refractivity contribution < 1.29 is 14.3 Å². The molecule has 0 aliphatic carbocycles. The van der Waals surface area contributed by atoms with Crippen LogP contribution in [-0.4, -0.2) is 25.7 Å². The Hall–Kier alpha value is -3.27. The molecule has 3 aromatic carbocycles. The molecule has 0 fully saturated rings. The third kappa shape index (κ3) is 3.35. The largest absolute Gasteiger partial charge is 0.494 e. The minimum Gasteiger partial charge on any atom is -0.494 e. The van der Waals surface area contributed by atoms with Gasteiger partial charge in [-0.15, -0.1) is 0 Å². The minimum atomic E-state index is 0.0223. The summed E-state index contributed by atoms with van der Waals surface area (Å²) >= 11 is 0. The molecule has 1 aliphatic rings. The molecule has 0 spiro atoms. The lowest BCUT2D eigenvalue weighted by Gasteiger charge is -2.14. The molecule has 4 heteroatoms. The number of amides is 1. The van der Waals surface area contributed by atoms with Gasteiger partial charge in [-0.1, -0.05) is 30.3 Å². The van der Waals surface area contributed by atoms with Crippen LogP contribution in [0.1, 0.15) is 31.9 Å². The van der Waals surface area contributed by atoms with Crippen LogP contribution in [0.15, 0.2) is 54.6 Å². The molecular weight excluding hydrogens is 362 g/mol. The standard InChI is InChI=1S/C25H25NO3/c1-4-26-23-10-8-7-9-19(23)22(25(26)27)16-21-20-15-18(28-5-2)13-11-17(20)12-14-24(21)29-6-3/h7-16H,4-6H2,1-3H3/b22-16-. The molecule has 29 heavy (non-hydrogen) atoms. The summed E-state index contributed by atoms with van der Waals surface area (Å²) in [6.07, 6.45) is 1.97. The number of carbonyl (C=O) groups excluding carboxylic acids is 1. The van der Waals surface area contributed by atoms with Gasteiger partial charge < -0.3 is 14.4 Å². The van der Waals surface area contributed by atoms with E-state index in [1.54, 1.807) is 0 Å². The summed E-state index contributed by atoms with van der Waals surface area (Å²) in [7, 11) is 0. The third-order valence-corrected chi connectivity index (χ3v) is 5.17. The van der Waals surface area contributed by atoms with Crippen LogP contribution in [0.5, 0.6) is 11.5 Å². The van der Waals surface area contributed by atoms with E-state index in [9.17, 15) is 4.79 Å². The summed E-state index contributed by atoms with van der Waals surface area (Å²) in [5, 5.41) is 2.09. The van der Waals surface area contributed by atoms with Gasteiger partial charge in [0, 0.05) is 23.2 Å². The Balaban J connectivity index is 1.96. The predicted octanol–water partition coefficient (Wildman–Crippen LogP) is 5.54. The number of rotatable bonds is 6. The number of hydrogen-bond acceptors (Lipinski definition) is 3. The number of hydrogen-bond donors (Lipinski definition) is 0. The average molecular weight is 387 g/mol. The highest BCUT2D eigenvalue weighted by Gasteiger charge is 2.31.